The van der Waals surface area contributed by atoms with Crippen molar-refractivity contribution in [1.29, 1.82) is 0 Å². The molecule has 8 N–H and O–H groups in total. The minimum atomic E-state index is -0.531. The van der Waals surface area contributed by atoms with Gasteiger partial charge in [-0.15, -0.1) is 0 Å². The maximum Gasteiger partial charge on any atom is 0.162 e. The first-order valence-electron chi connectivity index (χ1n) is 8.76. The van der Waals surface area contributed by atoms with Gasteiger partial charge in [0.2, 0.25) is 0 Å². The van der Waals surface area contributed by atoms with Crippen molar-refractivity contribution in [3.8, 4) is 0 Å². The Morgan fingerprint density at radius 3 is 2.74 bits per heavy atom. The number of anilines is 4. The number of fused-ring (bicyclic) bond motifs is 1. The molecule has 3 atom stereocenters. The summed E-state index contributed by atoms with van der Waals surface area (Å²) >= 11 is 0. The minimum Gasteiger partial charge on any atom is -0.396 e. The second kappa shape index (κ2) is 7.35. The number of aromatic amines is 1. The molecular weight excluding hydrogens is 348 g/mol. The number of hydrogen-bond acceptors (Lipinski definition) is 9. The van der Waals surface area contributed by atoms with Gasteiger partial charge in [-0.05, 0) is 25.0 Å². The molecule has 0 aliphatic heterocycles. The molecule has 10 heteroatoms. The molecule has 1 aliphatic carbocycles. The Kier molecular flexibility index (Phi) is 4.75. The number of aliphatic hydroxyl groups is 2. The van der Waals surface area contributed by atoms with E-state index in [0.717, 1.165) is 10.9 Å². The zero-order chi connectivity index (χ0) is 18.8. The molecule has 3 unspecified atom stereocenters. The highest BCUT2D eigenvalue weighted by atomic mass is 16.3. The summed E-state index contributed by atoms with van der Waals surface area (Å²) < 4.78 is 0. The Morgan fingerprint density at radius 2 is 1.96 bits per heavy atom. The van der Waals surface area contributed by atoms with Crippen LogP contribution in [0.1, 0.15) is 12.8 Å². The number of H-pyrrole nitrogens is 1. The summed E-state index contributed by atoms with van der Waals surface area (Å²) in [5, 5.41) is 34.0. The van der Waals surface area contributed by atoms with Gasteiger partial charge < -0.3 is 26.3 Å². The van der Waals surface area contributed by atoms with Crippen LogP contribution in [-0.4, -0.2) is 49.1 Å². The van der Waals surface area contributed by atoms with Crippen molar-refractivity contribution < 1.29 is 10.2 Å². The summed E-state index contributed by atoms with van der Waals surface area (Å²) in [5.74, 6) is 7.21. The number of benzene rings is 1. The summed E-state index contributed by atoms with van der Waals surface area (Å²) in [5.41, 5.74) is 4.03. The molecule has 4 rings (SSSR count). The van der Waals surface area contributed by atoms with Crippen LogP contribution in [-0.2, 0) is 0 Å². The van der Waals surface area contributed by atoms with Gasteiger partial charge in [0.05, 0.1) is 11.6 Å². The van der Waals surface area contributed by atoms with Gasteiger partial charge >= 0.3 is 0 Å². The molecule has 10 nitrogen and oxygen atoms in total. The first-order valence-corrected chi connectivity index (χ1v) is 8.76. The third-order valence-electron chi connectivity index (χ3n) is 4.93. The number of rotatable bonds is 6. The molecule has 2 aromatic heterocycles. The van der Waals surface area contributed by atoms with Crippen LogP contribution < -0.4 is 21.9 Å². The lowest BCUT2D eigenvalue weighted by Gasteiger charge is -2.18. The highest BCUT2D eigenvalue weighted by Crippen LogP contribution is 2.33. The number of nitrogens with two attached hydrogens (primary N) is 1. The minimum absolute atomic E-state index is 0.0155. The Labute approximate surface area is 155 Å². The second-order valence-electron chi connectivity index (χ2n) is 6.66. The van der Waals surface area contributed by atoms with Gasteiger partial charge in [0.1, 0.15) is 12.0 Å². The van der Waals surface area contributed by atoms with Gasteiger partial charge in [0.15, 0.2) is 17.5 Å². The maximum absolute atomic E-state index is 9.99. The zero-order valence-corrected chi connectivity index (χ0v) is 14.6. The van der Waals surface area contributed by atoms with Gasteiger partial charge in [-0.25, -0.2) is 9.97 Å². The molecule has 1 aliphatic rings. The highest BCUT2D eigenvalue weighted by molar-refractivity contribution is 5.92. The van der Waals surface area contributed by atoms with Crippen LogP contribution in [0.15, 0.2) is 30.6 Å². The lowest BCUT2D eigenvalue weighted by Crippen LogP contribution is -2.21. The molecule has 0 radical (unpaired) electrons. The number of aliphatic hydroxyl groups excluding tert-OH is 2. The second-order valence-corrected chi connectivity index (χ2v) is 6.66. The average molecular weight is 370 g/mol. The Bertz CT molecular complexity index is 930. The van der Waals surface area contributed by atoms with Crippen molar-refractivity contribution in [2.24, 2.45) is 11.8 Å². The lowest BCUT2D eigenvalue weighted by atomic mass is 10.1. The number of hydrazine groups is 1. The highest BCUT2D eigenvalue weighted by Gasteiger charge is 2.33. The van der Waals surface area contributed by atoms with Crippen LogP contribution in [0.4, 0.5) is 23.1 Å². The van der Waals surface area contributed by atoms with Crippen LogP contribution >= 0.6 is 0 Å². The number of nitrogen functional groups attached to an aromatic ring is 1. The summed E-state index contributed by atoms with van der Waals surface area (Å²) in [4.78, 5) is 8.53. The van der Waals surface area contributed by atoms with Crippen LogP contribution in [0, 0.1) is 5.92 Å². The standard InChI is InChI=1S/C17H22N8O2/c18-23-14-16(21-10-5-9(7-26)13(27)6-10)19-8-20-17(14)22-15-11-3-1-2-4-12(11)24-25-15/h1-4,8-10,13,23,26-27H,5-7,18H2,(H3,19,20,21,22,24,25). The largest absolute Gasteiger partial charge is 0.396 e. The normalized spacial score (nSPS) is 22.1. The number of hydrogen-bond donors (Lipinski definition) is 7. The molecule has 0 amide bonds. The Morgan fingerprint density at radius 1 is 1.15 bits per heavy atom. The topological polar surface area (TPSA) is 157 Å². The quantitative estimate of drug-likeness (QED) is 0.247. The SMILES string of the molecule is NNc1c(Nc2n[nH]c3ccccc23)ncnc1NC1CC(O)C(CO)C1. The van der Waals surface area contributed by atoms with E-state index in [1.807, 2.05) is 24.3 Å². The molecule has 1 fully saturated rings. The third kappa shape index (κ3) is 3.37. The molecule has 1 saturated carbocycles. The van der Waals surface area contributed by atoms with Crippen molar-refractivity contribution in [2.45, 2.75) is 25.0 Å². The molecular formula is C17H22N8O2. The van der Waals surface area contributed by atoms with E-state index in [9.17, 15) is 10.2 Å². The van der Waals surface area contributed by atoms with E-state index in [0.29, 0.717) is 36.0 Å². The number of nitrogens with zero attached hydrogens (tertiary/aromatic N) is 3. The first-order chi connectivity index (χ1) is 13.2. The van der Waals surface area contributed by atoms with E-state index in [2.05, 4.69) is 36.2 Å². The predicted molar refractivity (Wildman–Crippen MR) is 102 cm³/mol. The van der Waals surface area contributed by atoms with Crippen molar-refractivity contribution in [1.82, 2.24) is 20.2 Å². The van der Waals surface area contributed by atoms with E-state index in [-0.39, 0.29) is 18.6 Å². The zero-order valence-electron chi connectivity index (χ0n) is 14.6. The number of aromatic nitrogens is 4. The van der Waals surface area contributed by atoms with Crippen LogP contribution in [0.5, 0.6) is 0 Å². The summed E-state index contributed by atoms with van der Waals surface area (Å²) in [7, 11) is 0. The number of para-hydroxylation sites is 1. The fourth-order valence-electron chi connectivity index (χ4n) is 3.51. The molecule has 1 aromatic carbocycles. The molecule has 0 saturated heterocycles. The van der Waals surface area contributed by atoms with Crippen molar-refractivity contribution in [2.75, 3.05) is 22.7 Å². The summed E-state index contributed by atoms with van der Waals surface area (Å²) in [6.45, 7) is -0.0375. The smallest absolute Gasteiger partial charge is 0.162 e. The molecule has 0 spiro atoms. The Balaban J connectivity index is 1.58. The van der Waals surface area contributed by atoms with Gasteiger partial charge in [-0.3, -0.25) is 10.9 Å². The fraction of sp³-hybridized carbons (Fsp3) is 0.353. The summed E-state index contributed by atoms with van der Waals surface area (Å²) in [6.07, 6.45) is 2.08. The number of nitrogens with one attached hydrogen (secondary N) is 4. The van der Waals surface area contributed by atoms with Crippen molar-refractivity contribution in [3.05, 3.63) is 30.6 Å². The predicted octanol–water partition coefficient (Wildman–Crippen LogP) is 0.926. The first kappa shape index (κ1) is 17.5. The van der Waals surface area contributed by atoms with Gasteiger partial charge in [0.25, 0.3) is 0 Å². The average Bonchev–Trinajstić information content (AvgIpc) is 3.25. The molecule has 2 heterocycles. The lowest BCUT2D eigenvalue weighted by molar-refractivity contribution is 0.0908. The monoisotopic (exact) mass is 370 g/mol. The summed E-state index contributed by atoms with van der Waals surface area (Å²) in [6, 6.07) is 7.73. The molecule has 0 bridgehead atoms. The van der Waals surface area contributed by atoms with Crippen molar-refractivity contribution in [3.63, 3.8) is 0 Å². The molecule has 3 aromatic rings. The maximum atomic E-state index is 9.99. The van der Waals surface area contributed by atoms with E-state index in [1.165, 1.54) is 6.33 Å². The molecule has 142 valence electrons. The van der Waals surface area contributed by atoms with E-state index in [1.54, 1.807) is 0 Å². The van der Waals surface area contributed by atoms with Crippen LogP contribution in [0.3, 0.4) is 0 Å². The van der Waals surface area contributed by atoms with Crippen molar-refractivity contribution >= 4 is 34.0 Å². The van der Waals surface area contributed by atoms with E-state index < -0.39 is 6.10 Å². The van der Waals surface area contributed by atoms with Crippen LogP contribution in [0.25, 0.3) is 10.9 Å². The Hall–Kier alpha value is -2.95. The van der Waals surface area contributed by atoms with E-state index in [4.69, 9.17) is 5.84 Å². The van der Waals surface area contributed by atoms with Gasteiger partial charge in [0, 0.05) is 24.0 Å². The van der Waals surface area contributed by atoms with E-state index >= 15 is 0 Å². The third-order valence-corrected chi connectivity index (χ3v) is 4.93. The van der Waals surface area contributed by atoms with Gasteiger partial charge in [-0.1, -0.05) is 12.1 Å². The van der Waals surface area contributed by atoms with Gasteiger partial charge in [-0.2, -0.15) is 5.10 Å². The fourth-order valence-corrected chi connectivity index (χ4v) is 3.51. The van der Waals surface area contributed by atoms with Crippen LogP contribution in [0.2, 0.25) is 0 Å². The molecule has 27 heavy (non-hydrogen) atoms.